The highest BCUT2D eigenvalue weighted by atomic mass is 15.4. The summed E-state index contributed by atoms with van der Waals surface area (Å²) >= 11 is 0. The van der Waals surface area contributed by atoms with E-state index in [2.05, 4.69) is 58.6 Å². The van der Waals surface area contributed by atoms with Crippen molar-refractivity contribution in [2.75, 3.05) is 5.43 Å². The zero-order valence-electron chi connectivity index (χ0n) is 13.3. The van der Waals surface area contributed by atoms with Crippen molar-refractivity contribution in [1.29, 1.82) is 0 Å². The summed E-state index contributed by atoms with van der Waals surface area (Å²) in [5.74, 6) is 1.07. The summed E-state index contributed by atoms with van der Waals surface area (Å²) < 4.78 is 0. The van der Waals surface area contributed by atoms with Crippen LogP contribution in [0.1, 0.15) is 49.2 Å². The molecule has 0 unspecified atom stereocenters. The van der Waals surface area contributed by atoms with Crippen molar-refractivity contribution in [3.05, 3.63) is 52.8 Å². The van der Waals surface area contributed by atoms with E-state index in [1.807, 2.05) is 26.8 Å². The van der Waals surface area contributed by atoms with Crippen LogP contribution in [-0.2, 0) is 0 Å². The molecule has 4 nitrogen and oxygen atoms in total. The number of nitrogens with one attached hydrogen (secondary N) is 1. The first kappa shape index (κ1) is 15.2. The predicted octanol–water partition coefficient (Wildman–Crippen LogP) is 4.05. The van der Waals surface area contributed by atoms with E-state index in [1.165, 1.54) is 5.56 Å². The van der Waals surface area contributed by atoms with Crippen LogP contribution in [0.5, 0.6) is 0 Å². The minimum Gasteiger partial charge on any atom is -0.245 e. The molecule has 0 aliphatic rings. The summed E-state index contributed by atoms with van der Waals surface area (Å²) in [5, 5.41) is 4.36. The topological polar surface area (TPSA) is 50.2 Å². The fraction of sp³-hybridized carbons (Fsp3) is 0.353. The van der Waals surface area contributed by atoms with Gasteiger partial charge in [-0.15, -0.1) is 0 Å². The van der Waals surface area contributed by atoms with Crippen LogP contribution in [0.4, 0.5) is 5.95 Å². The standard InChI is InChI=1S/C17H22N4/c1-11(2)15-6-8-16(9-7-15)14(5)20-21-17-18-12(3)10-13(4)19-17/h6-11H,1-5H3,(H,18,19,21)/b20-14-. The van der Waals surface area contributed by atoms with Crippen LogP contribution in [-0.4, -0.2) is 15.7 Å². The fourth-order valence-electron chi connectivity index (χ4n) is 2.08. The SMILES string of the molecule is C/C(=N/Nc1nc(C)cc(C)n1)c1ccc(C(C)C)cc1. The van der Waals surface area contributed by atoms with Crippen LogP contribution in [0, 0.1) is 13.8 Å². The maximum Gasteiger partial charge on any atom is 0.243 e. The number of aromatic nitrogens is 2. The predicted molar refractivity (Wildman–Crippen MR) is 87.9 cm³/mol. The van der Waals surface area contributed by atoms with Crippen molar-refractivity contribution >= 4 is 11.7 Å². The highest BCUT2D eigenvalue weighted by molar-refractivity contribution is 5.99. The molecule has 1 heterocycles. The van der Waals surface area contributed by atoms with Gasteiger partial charge in [-0.05, 0) is 43.9 Å². The highest BCUT2D eigenvalue weighted by Crippen LogP contribution is 2.15. The van der Waals surface area contributed by atoms with Gasteiger partial charge >= 0.3 is 0 Å². The van der Waals surface area contributed by atoms with Gasteiger partial charge in [0.15, 0.2) is 0 Å². The number of hydrogen-bond donors (Lipinski definition) is 1. The molecule has 0 aliphatic carbocycles. The molecule has 0 bridgehead atoms. The van der Waals surface area contributed by atoms with Crippen LogP contribution >= 0.6 is 0 Å². The van der Waals surface area contributed by atoms with Gasteiger partial charge in [-0.2, -0.15) is 5.10 Å². The van der Waals surface area contributed by atoms with Crippen molar-refractivity contribution < 1.29 is 0 Å². The molecule has 0 radical (unpaired) electrons. The zero-order valence-corrected chi connectivity index (χ0v) is 13.3. The maximum absolute atomic E-state index is 4.36. The van der Waals surface area contributed by atoms with E-state index in [-0.39, 0.29) is 0 Å². The van der Waals surface area contributed by atoms with Crippen LogP contribution in [0.15, 0.2) is 35.4 Å². The third-order valence-electron chi connectivity index (χ3n) is 3.30. The quantitative estimate of drug-likeness (QED) is 0.679. The van der Waals surface area contributed by atoms with Crippen molar-refractivity contribution in [2.45, 2.75) is 40.5 Å². The van der Waals surface area contributed by atoms with E-state index in [9.17, 15) is 0 Å². The molecule has 0 aliphatic heterocycles. The van der Waals surface area contributed by atoms with Gasteiger partial charge < -0.3 is 0 Å². The molecule has 4 heteroatoms. The van der Waals surface area contributed by atoms with Gasteiger partial charge in [0.25, 0.3) is 0 Å². The summed E-state index contributed by atoms with van der Waals surface area (Å²) in [5.41, 5.74) is 8.12. The van der Waals surface area contributed by atoms with E-state index in [0.29, 0.717) is 11.9 Å². The van der Waals surface area contributed by atoms with Crippen molar-refractivity contribution in [2.24, 2.45) is 5.10 Å². The molecule has 2 aromatic rings. The van der Waals surface area contributed by atoms with E-state index in [1.54, 1.807) is 0 Å². The van der Waals surface area contributed by atoms with Gasteiger partial charge in [0.05, 0.1) is 5.71 Å². The lowest BCUT2D eigenvalue weighted by Crippen LogP contribution is -2.04. The Labute approximate surface area is 126 Å². The molecule has 110 valence electrons. The Kier molecular flexibility index (Phi) is 4.68. The number of nitrogens with zero attached hydrogens (tertiary/aromatic N) is 3. The number of benzene rings is 1. The molecule has 0 saturated heterocycles. The van der Waals surface area contributed by atoms with E-state index in [0.717, 1.165) is 22.7 Å². The molecule has 0 atom stereocenters. The number of hydrogen-bond acceptors (Lipinski definition) is 4. The van der Waals surface area contributed by atoms with E-state index >= 15 is 0 Å². The van der Waals surface area contributed by atoms with Crippen molar-refractivity contribution in [3.8, 4) is 0 Å². The molecule has 1 aromatic heterocycles. The normalized spacial score (nSPS) is 11.8. The van der Waals surface area contributed by atoms with Crippen LogP contribution in [0.25, 0.3) is 0 Å². The van der Waals surface area contributed by atoms with E-state index in [4.69, 9.17) is 0 Å². The highest BCUT2D eigenvalue weighted by Gasteiger charge is 2.02. The summed E-state index contributed by atoms with van der Waals surface area (Å²) in [6.45, 7) is 10.2. The minimum atomic E-state index is 0.533. The summed E-state index contributed by atoms with van der Waals surface area (Å²) in [4.78, 5) is 8.62. The molecule has 0 spiro atoms. The number of hydrazone groups is 1. The molecule has 21 heavy (non-hydrogen) atoms. The van der Waals surface area contributed by atoms with Gasteiger partial charge in [0.2, 0.25) is 5.95 Å². The van der Waals surface area contributed by atoms with E-state index < -0.39 is 0 Å². The second kappa shape index (κ2) is 6.48. The first-order chi connectivity index (χ1) is 9.95. The number of anilines is 1. The molecule has 2 rings (SSSR count). The Balaban J connectivity index is 2.13. The Morgan fingerprint density at radius 3 is 2.14 bits per heavy atom. The average Bonchev–Trinajstić information content (AvgIpc) is 2.44. The van der Waals surface area contributed by atoms with Gasteiger partial charge in [-0.3, -0.25) is 0 Å². The van der Waals surface area contributed by atoms with Gasteiger partial charge in [0.1, 0.15) is 0 Å². The maximum atomic E-state index is 4.36. The third kappa shape index (κ3) is 4.12. The van der Waals surface area contributed by atoms with Crippen LogP contribution in [0.3, 0.4) is 0 Å². The Hall–Kier alpha value is -2.23. The molecule has 1 aromatic carbocycles. The van der Waals surface area contributed by atoms with Gasteiger partial charge in [-0.25, -0.2) is 15.4 Å². The molecule has 0 amide bonds. The van der Waals surface area contributed by atoms with Crippen LogP contribution < -0.4 is 5.43 Å². The average molecular weight is 282 g/mol. The molecule has 0 fully saturated rings. The van der Waals surface area contributed by atoms with Crippen molar-refractivity contribution in [1.82, 2.24) is 9.97 Å². The Morgan fingerprint density at radius 1 is 1.05 bits per heavy atom. The number of rotatable bonds is 4. The summed E-state index contributed by atoms with van der Waals surface area (Å²) in [7, 11) is 0. The smallest absolute Gasteiger partial charge is 0.243 e. The number of aryl methyl sites for hydroxylation is 2. The second-order valence-electron chi connectivity index (χ2n) is 5.56. The first-order valence-electron chi connectivity index (χ1n) is 7.18. The Bertz CT molecular complexity index is 622. The minimum absolute atomic E-state index is 0.533. The van der Waals surface area contributed by atoms with Crippen molar-refractivity contribution in [3.63, 3.8) is 0 Å². The lowest BCUT2D eigenvalue weighted by atomic mass is 10.0. The molecule has 0 saturated carbocycles. The summed E-state index contributed by atoms with van der Waals surface area (Å²) in [6, 6.07) is 10.4. The fourth-order valence-corrected chi connectivity index (χ4v) is 2.08. The van der Waals surface area contributed by atoms with Crippen LogP contribution in [0.2, 0.25) is 0 Å². The monoisotopic (exact) mass is 282 g/mol. The molecule has 1 N–H and O–H groups in total. The van der Waals surface area contributed by atoms with Gasteiger partial charge in [-0.1, -0.05) is 38.1 Å². The molecular weight excluding hydrogens is 260 g/mol. The first-order valence-corrected chi connectivity index (χ1v) is 7.18. The molecular formula is C17H22N4. The zero-order chi connectivity index (χ0) is 15.4. The Morgan fingerprint density at radius 2 is 1.62 bits per heavy atom. The summed E-state index contributed by atoms with van der Waals surface area (Å²) in [6.07, 6.45) is 0. The lowest BCUT2D eigenvalue weighted by Gasteiger charge is -2.07. The lowest BCUT2D eigenvalue weighted by molar-refractivity contribution is 0.866. The largest absolute Gasteiger partial charge is 0.245 e. The van der Waals surface area contributed by atoms with Gasteiger partial charge in [0, 0.05) is 11.4 Å². The second-order valence-corrected chi connectivity index (χ2v) is 5.56. The third-order valence-corrected chi connectivity index (χ3v) is 3.30.